The Bertz CT molecular complexity index is 394. The van der Waals surface area contributed by atoms with Gasteiger partial charge in [0, 0.05) is 22.0 Å². The molecule has 3 atom stereocenters. The Morgan fingerprint density at radius 1 is 1.33 bits per heavy atom. The lowest BCUT2D eigenvalue weighted by atomic mass is 10.00. The van der Waals surface area contributed by atoms with E-state index < -0.39 is 0 Å². The van der Waals surface area contributed by atoms with Gasteiger partial charge in [-0.15, -0.1) is 0 Å². The summed E-state index contributed by atoms with van der Waals surface area (Å²) in [7, 11) is 0. The van der Waals surface area contributed by atoms with Crippen molar-refractivity contribution >= 4 is 23.5 Å². The fourth-order valence-electron chi connectivity index (χ4n) is 2.34. The smallest absolute Gasteiger partial charge is 0.123 e. The topological polar surface area (TPSA) is 38.0 Å². The molecule has 2 nitrogen and oxygen atoms in total. The molecule has 1 heterocycles. The predicted octanol–water partition coefficient (Wildman–Crippen LogP) is 2.88. The molecule has 1 aliphatic rings. The second-order valence-electron chi connectivity index (χ2n) is 4.62. The molecule has 0 amide bonds. The zero-order valence-corrected chi connectivity index (χ0v) is 12.3. The number of thioether (sulfide) groups is 2. The fraction of sp³-hybridized carbons (Fsp3) is 0.538. The second-order valence-corrected chi connectivity index (χ2v) is 7.39. The molecule has 3 unspecified atom stereocenters. The first-order valence-electron chi connectivity index (χ1n) is 6.08. The van der Waals surface area contributed by atoms with Crippen molar-refractivity contribution in [3.05, 3.63) is 35.1 Å². The van der Waals surface area contributed by atoms with Gasteiger partial charge in [0.15, 0.2) is 0 Å². The third-order valence-electron chi connectivity index (χ3n) is 3.17. The molecular weight excluding hydrogens is 267 g/mol. The molecule has 0 saturated carbocycles. The van der Waals surface area contributed by atoms with E-state index in [-0.39, 0.29) is 11.9 Å². The molecule has 1 aromatic rings. The van der Waals surface area contributed by atoms with Gasteiger partial charge in [0.05, 0.1) is 6.04 Å². The molecule has 3 N–H and O–H groups in total. The number of benzene rings is 1. The van der Waals surface area contributed by atoms with Crippen LogP contribution in [0.4, 0.5) is 4.39 Å². The van der Waals surface area contributed by atoms with Crippen LogP contribution < -0.4 is 11.3 Å². The maximum absolute atomic E-state index is 13.5. The van der Waals surface area contributed by atoms with Crippen molar-refractivity contribution in [1.29, 1.82) is 0 Å². The summed E-state index contributed by atoms with van der Waals surface area (Å²) in [6.45, 7) is 4.13. The Hall–Kier alpha value is -0.230. The van der Waals surface area contributed by atoms with E-state index >= 15 is 0 Å². The van der Waals surface area contributed by atoms with Gasteiger partial charge in [0.25, 0.3) is 0 Å². The highest BCUT2D eigenvalue weighted by atomic mass is 32.2. The Kier molecular flexibility index (Phi) is 4.95. The standard InChI is InChI=1S/C13H19FN2S2/c1-8-5-10(7-11(14)6-8)12(16-15)13-9(2)17-3-4-18-13/h5-7,9,12-13,16H,3-4,15H2,1-2H3. The van der Waals surface area contributed by atoms with Crippen molar-refractivity contribution in [3.8, 4) is 0 Å². The minimum atomic E-state index is -0.189. The summed E-state index contributed by atoms with van der Waals surface area (Å²) in [4.78, 5) is 0. The van der Waals surface area contributed by atoms with Crippen LogP contribution in [0.15, 0.2) is 18.2 Å². The van der Waals surface area contributed by atoms with Gasteiger partial charge >= 0.3 is 0 Å². The summed E-state index contributed by atoms with van der Waals surface area (Å²) in [5.41, 5.74) is 4.75. The van der Waals surface area contributed by atoms with Crippen LogP contribution >= 0.6 is 23.5 Å². The summed E-state index contributed by atoms with van der Waals surface area (Å²) in [5.74, 6) is 7.83. The second kappa shape index (κ2) is 6.28. The first kappa shape index (κ1) is 14.2. The fourth-order valence-corrected chi connectivity index (χ4v) is 5.27. The Morgan fingerprint density at radius 3 is 2.67 bits per heavy atom. The maximum atomic E-state index is 13.5. The molecule has 2 rings (SSSR count). The van der Waals surface area contributed by atoms with Gasteiger partial charge in [-0.25, -0.2) is 4.39 Å². The molecule has 0 aliphatic carbocycles. The van der Waals surface area contributed by atoms with E-state index in [2.05, 4.69) is 12.3 Å². The van der Waals surface area contributed by atoms with Crippen molar-refractivity contribution in [1.82, 2.24) is 5.43 Å². The van der Waals surface area contributed by atoms with E-state index in [1.807, 2.05) is 36.5 Å². The van der Waals surface area contributed by atoms with E-state index in [0.717, 1.165) is 16.9 Å². The number of halogens is 1. The third kappa shape index (κ3) is 3.20. The van der Waals surface area contributed by atoms with Gasteiger partial charge in [-0.3, -0.25) is 11.3 Å². The van der Waals surface area contributed by atoms with Crippen molar-refractivity contribution in [2.24, 2.45) is 5.84 Å². The van der Waals surface area contributed by atoms with Crippen LogP contribution in [0.3, 0.4) is 0 Å². The summed E-state index contributed by atoms with van der Waals surface area (Å²) in [6.07, 6.45) is 0. The van der Waals surface area contributed by atoms with Crippen LogP contribution in [0.2, 0.25) is 0 Å². The normalized spacial score (nSPS) is 26.0. The van der Waals surface area contributed by atoms with Crippen molar-refractivity contribution < 1.29 is 4.39 Å². The van der Waals surface area contributed by atoms with Gasteiger partial charge in [-0.2, -0.15) is 23.5 Å². The highest BCUT2D eigenvalue weighted by Gasteiger charge is 2.31. The molecule has 0 spiro atoms. The summed E-state index contributed by atoms with van der Waals surface area (Å²) < 4.78 is 13.5. The highest BCUT2D eigenvalue weighted by Crippen LogP contribution is 2.38. The molecule has 1 saturated heterocycles. The summed E-state index contributed by atoms with van der Waals surface area (Å²) in [6, 6.07) is 5.15. The number of hydrogen-bond donors (Lipinski definition) is 2. The SMILES string of the molecule is Cc1cc(F)cc(C(NN)C2SCCSC2C)c1. The highest BCUT2D eigenvalue weighted by molar-refractivity contribution is 8.07. The molecule has 1 aromatic carbocycles. The van der Waals surface area contributed by atoms with E-state index in [4.69, 9.17) is 5.84 Å². The molecule has 1 aliphatic heterocycles. The van der Waals surface area contributed by atoms with E-state index in [1.165, 1.54) is 5.75 Å². The predicted molar refractivity (Wildman–Crippen MR) is 79.4 cm³/mol. The minimum Gasteiger partial charge on any atom is -0.271 e. The summed E-state index contributed by atoms with van der Waals surface area (Å²) in [5, 5.41) is 0.906. The molecular formula is C13H19FN2S2. The number of nitrogens with two attached hydrogens (primary N) is 1. The van der Waals surface area contributed by atoms with E-state index in [9.17, 15) is 4.39 Å². The van der Waals surface area contributed by atoms with Crippen LogP contribution in [0.25, 0.3) is 0 Å². The van der Waals surface area contributed by atoms with Gasteiger partial charge in [0.1, 0.15) is 5.82 Å². The first-order chi connectivity index (χ1) is 8.61. The van der Waals surface area contributed by atoms with Crippen LogP contribution in [-0.2, 0) is 0 Å². The largest absolute Gasteiger partial charge is 0.271 e. The average Bonchev–Trinajstić information content (AvgIpc) is 2.31. The van der Waals surface area contributed by atoms with Crippen molar-refractivity contribution in [2.75, 3.05) is 11.5 Å². The molecule has 0 radical (unpaired) electrons. The van der Waals surface area contributed by atoms with E-state index in [0.29, 0.717) is 10.5 Å². The van der Waals surface area contributed by atoms with Crippen molar-refractivity contribution in [3.63, 3.8) is 0 Å². The van der Waals surface area contributed by atoms with Gasteiger partial charge < -0.3 is 0 Å². The monoisotopic (exact) mass is 286 g/mol. The van der Waals surface area contributed by atoms with Crippen LogP contribution in [0.1, 0.15) is 24.1 Å². The van der Waals surface area contributed by atoms with Crippen molar-refractivity contribution in [2.45, 2.75) is 30.4 Å². The number of hydrogen-bond acceptors (Lipinski definition) is 4. The molecule has 1 fully saturated rings. The molecule has 100 valence electrons. The van der Waals surface area contributed by atoms with Gasteiger partial charge in [-0.05, 0) is 30.2 Å². The minimum absolute atomic E-state index is 0.00667. The molecule has 0 aromatic heterocycles. The average molecular weight is 286 g/mol. The Labute approximate surface area is 116 Å². The summed E-state index contributed by atoms with van der Waals surface area (Å²) >= 11 is 3.89. The Balaban J connectivity index is 2.26. The van der Waals surface area contributed by atoms with Crippen LogP contribution in [0, 0.1) is 12.7 Å². The number of aryl methyl sites for hydroxylation is 1. The Morgan fingerprint density at radius 2 is 2.06 bits per heavy atom. The molecule has 5 heteroatoms. The lowest BCUT2D eigenvalue weighted by Gasteiger charge is -2.34. The lowest BCUT2D eigenvalue weighted by Crippen LogP contribution is -2.41. The zero-order chi connectivity index (χ0) is 13.1. The quantitative estimate of drug-likeness (QED) is 0.662. The number of nitrogens with one attached hydrogen (secondary N) is 1. The number of hydrazine groups is 1. The lowest BCUT2D eigenvalue weighted by molar-refractivity contribution is 0.521. The van der Waals surface area contributed by atoms with E-state index in [1.54, 1.807) is 12.1 Å². The van der Waals surface area contributed by atoms with Gasteiger partial charge in [-0.1, -0.05) is 13.0 Å². The molecule has 18 heavy (non-hydrogen) atoms. The van der Waals surface area contributed by atoms with Crippen LogP contribution in [-0.4, -0.2) is 22.0 Å². The van der Waals surface area contributed by atoms with Gasteiger partial charge in [0.2, 0.25) is 0 Å². The zero-order valence-electron chi connectivity index (χ0n) is 10.7. The first-order valence-corrected chi connectivity index (χ1v) is 8.18. The molecule has 0 bridgehead atoms. The van der Waals surface area contributed by atoms with Crippen LogP contribution in [0.5, 0.6) is 0 Å². The third-order valence-corrected chi connectivity index (χ3v) is 6.36. The number of rotatable bonds is 3. The maximum Gasteiger partial charge on any atom is 0.123 e.